The van der Waals surface area contributed by atoms with Gasteiger partial charge in [0.1, 0.15) is 5.82 Å². The Morgan fingerprint density at radius 2 is 1.93 bits per heavy atom. The second-order valence-electron chi connectivity index (χ2n) is 2.50. The van der Waals surface area contributed by atoms with Crippen LogP contribution in [0.3, 0.4) is 0 Å². The van der Waals surface area contributed by atoms with Crippen LogP contribution in [0.5, 0.6) is 0 Å². The molecule has 0 fully saturated rings. The van der Waals surface area contributed by atoms with Crippen LogP contribution in [0.2, 0.25) is 0 Å². The Balaban J connectivity index is 0.000000921. The van der Waals surface area contributed by atoms with Gasteiger partial charge in [-0.15, -0.1) is 11.8 Å². The number of rotatable bonds is 4. The van der Waals surface area contributed by atoms with Crippen molar-refractivity contribution < 1.29 is 0 Å². The van der Waals surface area contributed by atoms with Gasteiger partial charge >= 0.3 is 0 Å². The summed E-state index contributed by atoms with van der Waals surface area (Å²) in [4.78, 5) is 5.48. The van der Waals surface area contributed by atoms with Crippen LogP contribution < -0.4 is 10.6 Å². The SMILES string of the molecule is CC.CCSc1cc(NC)cnc1NC. The Kier molecular flexibility index (Phi) is 7.91. The largest absolute Gasteiger partial charge is 0.387 e. The predicted molar refractivity (Wildman–Crippen MR) is 71.1 cm³/mol. The van der Waals surface area contributed by atoms with Crippen molar-refractivity contribution in [1.82, 2.24) is 4.98 Å². The molecular formula is C11H21N3S. The van der Waals surface area contributed by atoms with Gasteiger partial charge in [-0.3, -0.25) is 0 Å². The molecule has 0 unspecified atom stereocenters. The van der Waals surface area contributed by atoms with Crippen molar-refractivity contribution in [2.45, 2.75) is 25.7 Å². The number of hydrogen-bond acceptors (Lipinski definition) is 4. The normalized spacial score (nSPS) is 8.87. The Hall–Kier alpha value is -0.900. The quantitative estimate of drug-likeness (QED) is 0.774. The van der Waals surface area contributed by atoms with Crippen molar-refractivity contribution in [3.63, 3.8) is 0 Å². The number of thioether (sulfide) groups is 1. The van der Waals surface area contributed by atoms with Gasteiger partial charge in [0, 0.05) is 14.1 Å². The lowest BCUT2D eigenvalue weighted by Crippen LogP contribution is -1.97. The van der Waals surface area contributed by atoms with E-state index in [0.717, 1.165) is 17.3 Å². The fraction of sp³-hybridized carbons (Fsp3) is 0.545. The fourth-order valence-electron chi connectivity index (χ4n) is 1.03. The number of hydrogen-bond donors (Lipinski definition) is 2. The number of aromatic nitrogens is 1. The molecule has 1 aromatic rings. The number of pyridine rings is 1. The fourth-order valence-corrected chi connectivity index (χ4v) is 1.85. The third kappa shape index (κ3) is 4.42. The van der Waals surface area contributed by atoms with Gasteiger partial charge in [0.05, 0.1) is 16.8 Å². The molecule has 15 heavy (non-hydrogen) atoms. The minimum absolute atomic E-state index is 0.950. The lowest BCUT2D eigenvalue weighted by atomic mass is 10.4. The monoisotopic (exact) mass is 227 g/mol. The first-order valence-electron chi connectivity index (χ1n) is 5.30. The van der Waals surface area contributed by atoms with Crippen LogP contribution in [-0.4, -0.2) is 24.8 Å². The predicted octanol–water partition coefficient (Wildman–Crippen LogP) is 3.30. The van der Waals surface area contributed by atoms with Crippen LogP contribution in [0.15, 0.2) is 17.2 Å². The highest BCUT2D eigenvalue weighted by Crippen LogP contribution is 2.27. The summed E-state index contributed by atoms with van der Waals surface area (Å²) in [5.41, 5.74) is 1.05. The van der Waals surface area contributed by atoms with E-state index in [-0.39, 0.29) is 0 Å². The first-order valence-corrected chi connectivity index (χ1v) is 6.28. The summed E-state index contributed by atoms with van der Waals surface area (Å²) in [5.74, 6) is 2.01. The zero-order valence-corrected chi connectivity index (χ0v) is 11.0. The Bertz CT molecular complexity index is 277. The molecule has 0 aliphatic heterocycles. The third-order valence-electron chi connectivity index (χ3n) is 1.68. The van der Waals surface area contributed by atoms with E-state index in [4.69, 9.17) is 0 Å². The standard InChI is InChI=1S/C9H15N3S.C2H6/c1-4-13-8-5-7(10-2)6-12-9(8)11-3;1-2/h5-6,10H,4H2,1-3H3,(H,11,12);1-2H3. The molecule has 3 nitrogen and oxygen atoms in total. The van der Waals surface area contributed by atoms with E-state index in [1.807, 2.05) is 34.1 Å². The maximum Gasteiger partial charge on any atom is 0.139 e. The third-order valence-corrected chi connectivity index (χ3v) is 2.59. The highest BCUT2D eigenvalue weighted by atomic mass is 32.2. The molecule has 0 saturated heterocycles. The Morgan fingerprint density at radius 3 is 2.40 bits per heavy atom. The maximum atomic E-state index is 4.29. The molecule has 1 rings (SSSR count). The van der Waals surface area contributed by atoms with Crippen LogP contribution in [0.25, 0.3) is 0 Å². The van der Waals surface area contributed by atoms with Crippen molar-refractivity contribution in [1.29, 1.82) is 0 Å². The summed E-state index contributed by atoms with van der Waals surface area (Å²) < 4.78 is 0. The molecule has 0 aliphatic carbocycles. The van der Waals surface area contributed by atoms with Gasteiger partial charge in [-0.25, -0.2) is 4.98 Å². The van der Waals surface area contributed by atoms with E-state index in [1.165, 1.54) is 4.90 Å². The summed E-state index contributed by atoms with van der Waals surface area (Å²) in [5, 5.41) is 6.15. The number of nitrogens with zero attached hydrogens (tertiary/aromatic N) is 1. The first kappa shape index (κ1) is 14.1. The number of anilines is 2. The van der Waals surface area contributed by atoms with Gasteiger partial charge in [-0.05, 0) is 11.8 Å². The molecule has 2 N–H and O–H groups in total. The molecule has 1 heterocycles. The minimum atomic E-state index is 0.950. The molecule has 0 saturated carbocycles. The molecule has 0 aliphatic rings. The molecule has 0 amide bonds. The highest BCUT2D eigenvalue weighted by Gasteiger charge is 2.02. The molecule has 86 valence electrons. The van der Waals surface area contributed by atoms with E-state index in [1.54, 1.807) is 11.8 Å². The summed E-state index contributed by atoms with van der Waals surface area (Å²) in [6.07, 6.45) is 1.82. The average Bonchev–Trinajstić information content (AvgIpc) is 2.32. The second-order valence-corrected chi connectivity index (χ2v) is 3.81. The van der Waals surface area contributed by atoms with Crippen molar-refractivity contribution in [3.05, 3.63) is 12.3 Å². The number of nitrogens with one attached hydrogen (secondary N) is 2. The van der Waals surface area contributed by atoms with Gasteiger partial charge in [0.25, 0.3) is 0 Å². The minimum Gasteiger partial charge on any atom is -0.387 e. The summed E-state index contributed by atoms with van der Waals surface area (Å²) in [6.45, 7) is 6.14. The lowest BCUT2D eigenvalue weighted by molar-refractivity contribution is 1.20. The zero-order chi connectivity index (χ0) is 11.7. The summed E-state index contributed by atoms with van der Waals surface area (Å²) in [7, 11) is 3.79. The maximum absolute atomic E-state index is 4.29. The smallest absolute Gasteiger partial charge is 0.139 e. The molecule has 0 aromatic carbocycles. The van der Waals surface area contributed by atoms with E-state index in [2.05, 4.69) is 28.6 Å². The molecule has 0 spiro atoms. The molecule has 4 heteroatoms. The van der Waals surface area contributed by atoms with Gasteiger partial charge in [0.2, 0.25) is 0 Å². The van der Waals surface area contributed by atoms with Crippen molar-refractivity contribution in [2.75, 3.05) is 30.5 Å². The lowest BCUT2D eigenvalue weighted by Gasteiger charge is -2.08. The first-order chi connectivity index (χ1) is 7.31. The van der Waals surface area contributed by atoms with Crippen LogP contribution in [0, 0.1) is 0 Å². The van der Waals surface area contributed by atoms with E-state index < -0.39 is 0 Å². The Morgan fingerprint density at radius 1 is 1.27 bits per heavy atom. The molecule has 1 aromatic heterocycles. The van der Waals surface area contributed by atoms with Gasteiger partial charge in [0.15, 0.2) is 0 Å². The average molecular weight is 227 g/mol. The van der Waals surface area contributed by atoms with Crippen LogP contribution in [0.1, 0.15) is 20.8 Å². The molecule has 0 bridgehead atoms. The molecular weight excluding hydrogens is 206 g/mol. The topological polar surface area (TPSA) is 37.0 Å². The molecule has 0 atom stereocenters. The van der Waals surface area contributed by atoms with Gasteiger partial charge in [-0.2, -0.15) is 0 Å². The zero-order valence-electron chi connectivity index (χ0n) is 10.2. The van der Waals surface area contributed by atoms with Crippen molar-refractivity contribution in [3.8, 4) is 0 Å². The van der Waals surface area contributed by atoms with Crippen LogP contribution >= 0.6 is 11.8 Å². The second kappa shape index (κ2) is 8.41. The summed E-state index contributed by atoms with van der Waals surface area (Å²) in [6, 6.07) is 2.10. The van der Waals surface area contributed by atoms with E-state index in [9.17, 15) is 0 Å². The molecule has 0 radical (unpaired) electrons. The Labute approximate surface area is 97.1 Å². The van der Waals surface area contributed by atoms with Crippen LogP contribution in [0.4, 0.5) is 11.5 Å². The van der Waals surface area contributed by atoms with Crippen molar-refractivity contribution in [2.24, 2.45) is 0 Å². The van der Waals surface area contributed by atoms with Crippen LogP contribution in [-0.2, 0) is 0 Å². The van der Waals surface area contributed by atoms with E-state index in [0.29, 0.717) is 0 Å². The van der Waals surface area contributed by atoms with Crippen molar-refractivity contribution >= 4 is 23.3 Å². The highest BCUT2D eigenvalue weighted by molar-refractivity contribution is 7.99. The summed E-state index contributed by atoms with van der Waals surface area (Å²) >= 11 is 1.79. The van der Waals surface area contributed by atoms with Gasteiger partial charge in [-0.1, -0.05) is 20.8 Å². The van der Waals surface area contributed by atoms with E-state index >= 15 is 0 Å². The van der Waals surface area contributed by atoms with Gasteiger partial charge < -0.3 is 10.6 Å².